The molecule has 0 saturated heterocycles. The van der Waals surface area contributed by atoms with E-state index in [1.54, 1.807) is 6.07 Å². The van der Waals surface area contributed by atoms with Gasteiger partial charge in [-0.25, -0.2) is 0 Å². The van der Waals surface area contributed by atoms with E-state index in [-0.39, 0.29) is 6.42 Å². The molecule has 0 aliphatic rings. The highest BCUT2D eigenvalue weighted by Gasteiger charge is 1.99. The normalized spacial score (nSPS) is 10.5. The summed E-state index contributed by atoms with van der Waals surface area (Å²) in [5.74, 6) is 0. The predicted molar refractivity (Wildman–Crippen MR) is 41.9 cm³/mol. The van der Waals surface area contributed by atoms with Crippen LogP contribution in [0, 0.1) is 13.0 Å². The van der Waals surface area contributed by atoms with Crippen LogP contribution in [0.4, 0.5) is 0 Å². The molecular formula is C9H11O2. The highest BCUT2D eigenvalue weighted by Crippen LogP contribution is 2.04. The van der Waals surface area contributed by atoms with Crippen molar-refractivity contribution < 1.29 is 10.2 Å². The molecule has 0 saturated carbocycles. The Kier molecular flexibility index (Phi) is 2.63. The van der Waals surface area contributed by atoms with E-state index in [9.17, 15) is 0 Å². The molecule has 0 bridgehead atoms. The van der Waals surface area contributed by atoms with E-state index in [0.29, 0.717) is 0 Å². The van der Waals surface area contributed by atoms with Crippen molar-refractivity contribution in [2.45, 2.75) is 19.6 Å². The molecule has 2 nitrogen and oxygen atoms in total. The maximum atomic E-state index is 8.64. The van der Waals surface area contributed by atoms with Crippen LogP contribution in [0.15, 0.2) is 18.2 Å². The zero-order valence-corrected chi connectivity index (χ0v) is 6.41. The summed E-state index contributed by atoms with van der Waals surface area (Å²) in [5.41, 5.74) is 1.94. The number of aryl methyl sites for hydroxylation is 1. The van der Waals surface area contributed by atoms with Crippen LogP contribution >= 0.6 is 0 Å². The van der Waals surface area contributed by atoms with Crippen LogP contribution in [-0.2, 0) is 6.42 Å². The molecule has 0 unspecified atom stereocenters. The summed E-state index contributed by atoms with van der Waals surface area (Å²) in [4.78, 5) is 0. The van der Waals surface area contributed by atoms with Crippen molar-refractivity contribution in [1.82, 2.24) is 0 Å². The van der Waals surface area contributed by atoms with Gasteiger partial charge in [0, 0.05) is 6.42 Å². The van der Waals surface area contributed by atoms with Gasteiger partial charge in [-0.3, -0.25) is 0 Å². The van der Waals surface area contributed by atoms with Crippen LogP contribution in [0.2, 0.25) is 0 Å². The van der Waals surface area contributed by atoms with Crippen molar-refractivity contribution >= 4 is 0 Å². The van der Waals surface area contributed by atoms with Gasteiger partial charge in [-0.15, -0.1) is 0 Å². The van der Waals surface area contributed by atoms with Crippen molar-refractivity contribution in [3.63, 3.8) is 0 Å². The Morgan fingerprint density at radius 2 is 2.27 bits per heavy atom. The van der Waals surface area contributed by atoms with E-state index >= 15 is 0 Å². The number of rotatable bonds is 2. The Morgan fingerprint density at radius 3 is 2.82 bits per heavy atom. The maximum Gasteiger partial charge on any atom is 0.155 e. The lowest BCUT2D eigenvalue weighted by atomic mass is 10.1. The predicted octanol–water partition coefficient (Wildman–Crippen LogP) is 0.648. The highest BCUT2D eigenvalue weighted by atomic mass is 16.5. The molecule has 0 aliphatic carbocycles. The Hall–Kier alpha value is -0.860. The summed E-state index contributed by atoms with van der Waals surface area (Å²) >= 11 is 0. The van der Waals surface area contributed by atoms with Gasteiger partial charge in [0.1, 0.15) is 0 Å². The second-order valence-electron chi connectivity index (χ2n) is 2.56. The Morgan fingerprint density at radius 1 is 1.55 bits per heavy atom. The molecule has 2 heteroatoms. The summed E-state index contributed by atoms with van der Waals surface area (Å²) in [6.45, 7) is 1.92. The zero-order valence-electron chi connectivity index (χ0n) is 6.41. The van der Waals surface area contributed by atoms with Gasteiger partial charge >= 0.3 is 0 Å². The van der Waals surface area contributed by atoms with Crippen LogP contribution in [0.3, 0.4) is 0 Å². The van der Waals surface area contributed by atoms with Gasteiger partial charge in [-0.2, -0.15) is 0 Å². The van der Waals surface area contributed by atoms with Gasteiger partial charge in [-0.1, -0.05) is 18.2 Å². The number of hydrogen-bond donors (Lipinski definition) is 2. The monoisotopic (exact) mass is 151 g/mol. The molecule has 1 aromatic carbocycles. The molecule has 0 aromatic heterocycles. The number of hydrogen-bond acceptors (Lipinski definition) is 2. The second kappa shape index (κ2) is 3.51. The molecule has 1 aromatic rings. The molecule has 11 heavy (non-hydrogen) atoms. The van der Waals surface area contributed by atoms with E-state index in [4.69, 9.17) is 10.2 Å². The molecule has 0 aliphatic heterocycles. The van der Waals surface area contributed by atoms with Crippen molar-refractivity contribution in [2.24, 2.45) is 0 Å². The minimum atomic E-state index is -1.25. The van der Waals surface area contributed by atoms with Crippen LogP contribution in [0.1, 0.15) is 11.1 Å². The van der Waals surface area contributed by atoms with Crippen molar-refractivity contribution in [3.05, 3.63) is 35.4 Å². The fourth-order valence-electron chi connectivity index (χ4n) is 0.986. The van der Waals surface area contributed by atoms with Gasteiger partial charge in [0.2, 0.25) is 0 Å². The molecule has 2 N–H and O–H groups in total. The third kappa shape index (κ3) is 2.70. The second-order valence-corrected chi connectivity index (χ2v) is 2.56. The standard InChI is InChI=1S/C9H11O2/c1-7-3-2-4-8(5-7)6-9(10)11/h2,4-5,9-11H,6H2,1H3. The Labute approximate surface area is 66.1 Å². The van der Waals surface area contributed by atoms with Crippen molar-refractivity contribution in [1.29, 1.82) is 0 Å². The molecule has 0 spiro atoms. The molecular weight excluding hydrogens is 140 g/mol. The Balaban J connectivity index is 2.71. The first kappa shape index (κ1) is 8.24. The average Bonchev–Trinajstić information content (AvgIpc) is 1.85. The minimum absolute atomic E-state index is 0.287. The van der Waals surface area contributed by atoms with E-state index in [0.717, 1.165) is 11.1 Å². The van der Waals surface area contributed by atoms with Crippen LogP contribution in [0.25, 0.3) is 0 Å². The molecule has 1 radical (unpaired) electrons. The minimum Gasteiger partial charge on any atom is -0.368 e. The third-order valence-corrected chi connectivity index (χ3v) is 1.43. The first-order valence-corrected chi connectivity index (χ1v) is 3.52. The van der Waals surface area contributed by atoms with Crippen LogP contribution in [0.5, 0.6) is 0 Å². The van der Waals surface area contributed by atoms with E-state index in [1.165, 1.54) is 0 Å². The summed E-state index contributed by atoms with van der Waals surface area (Å²) in [6.07, 6.45) is -0.966. The summed E-state index contributed by atoms with van der Waals surface area (Å²) in [5, 5.41) is 17.3. The summed E-state index contributed by atoms with van der Waals surface area (Å²) in [7, 11) is 0. The number of aliphatic hydroxyl groups is 2. The highest BCUT2D eigenvalue weighted by molar-refractivity contribution is 5.21. The van der Waals surface area contributed by atoms with Gasteiger partial charge in [-0.05, 0) is 24.1 Å². The Bertz CT molecular complexity index is 231. The smallest absolute Gasteiger partial charge is 0.155 e. The molecule has 0 fully saturated rings. The number of aliphatic hydroxyl groups excluding tert-OH is 1. The lowest BCUT2D eigenvalue weighted by Gasteiger charge is -2.03. The maximum absolute atomic E-state index is 8.64. The van der Waals surface area contributed by atoms with E-state index in [2.05, 4.69) is 6.07 Å². The lowest BCUT2D eigenvalue weighted by molar-refractivity contribution is -0.0381. The molecule has 1 rings (SSSR count). The van der Waals surface area contributed by atoms with E-state index in [1.807, 2.05) is 19.1 Å². The van der Waals surface area contributed by atoms with Crippen molar-refractivity contribution in [2.75, 3.05) is 0 Å². The zero-order chi connectivity index (χ0) is 8.27. The van der Waals surface area contributed by atoms with E-state index < -0.39 is 6.29 Å². The molecule has 0 atom stereocenters. The lowest BCUT2D eigenvalue weighted by Crippen LogP contribution is -2.07. The topological polar surface area (TPSA) is 40.5 Å². The van der Waals surface area contributed by atoms with Gasteiger partial charge in [0.25, 0.3) is 0 Å². The third-order valence-electron chi connectivity index (χ3n) is 1.43. The molecule has 0 amide bonds. The fourth-order valence-corrected chi connectivity index (χ4v) is 0.986. The quantitative estimate of drug-likeness (QED) is 0.609. The van der Waals surface area contributed by atoms with Crippen LogP contribution < -0.4 is 0 Å². The largest absolute Gasteiger partial charge is 0.368 e. The fraction of sp³-hybridized carbons (Fsp3) is 0.333. The van der Waals surface area contributed by atoms with Gasteiger partial charge < -0.3 is 10.2 Å². The van der Waals surface area contributed by atoms with Crippen molar-refractivity contribution in [3.8, 4) is 0 Å². The summed E-state index contributed by atoms with van der Waals surface area (Å²) in [6, 6.07) is 8.48. The number of benzene rings is 1. The first-order valence-electron chi connectivity index (χ1n) is 3.52. The average molecular weight is 151 g/mol. The van der Waals surface area contributed by atoms with Gasteiger partial charge in [0.05, 0.1) is 0 Å². The summed E-state index contributed by atoms with van der Waals surface area (Å²) < 4.78 is 0. The first-order chi connectivity index (χ1) is 5.18. The molecule has 59 valence electrons. The molecule has 0 heterocycles. The van der Waals surface area contributed by atoms with Crippen LogP contribution in [-0.4, -0.2) is 16.5 Å². The van der Waals surface area contributed by atoms with Gasteiger partial charge in [0.15, 0.2) is 6.29 Å². The SMILES string of the molecule is Cc1[c]ccc(CC(O)O)c1.